The molecule has 33 nitrogen and oxygen atoms in total. The number of piperidine rings is 1. The Morgan fingerprint density at radius 3 is 0.820 bits per heavy atom. The number of hydrogen-bond acceptors (Lipinski definition) is 22. The highest BCUT2D eigenvalue weighted by Gasteiger charge is 2.27. The number of aliphatic imine (C=N–C) groups is 1. The Labute approximate surface area is 782 Å². The van der Waals surface area contributed by atoms with Crippen LogP contribution < -0.4 is 42.5 Å². The third kappa shape index (κ3) is 25.3. The van der Waals surface area contributed by atoms with Crippen molar-refractivity contribution >= 4 is 163 Å². The SMILES string of the molecule is CN1CCN=C1c1ccc(C(=O)Nc2c(O)cccc2C(=O)Nc2ccc(Cl)cn2)cc1.N=C(c1ccc(C(=O)Nc2c(O)cccc2C(=O)Nc2ccc(Cl)cn2)cc1)N1CCCC1.N=C(c1ccc(C(=O)Nc2c(O)cccc2C(=O)Nc2ccc(Cl)cn2)cc1)N1CCCCC1.N=C(c1ccc(C(=O)Nc2c(O)cccc2C(=O)Nc2ccc(Cl)cn2)cc1)N1CCOCC1. The lowest BCUT2D eigenvalue weighted by Crippen LogP contribution is -2.40. The number of phenols is 4. The Kier molecular flexibility index (Phi) is 32.1. The van der Waals surface area contributed by atoms with Gasteiger partial charge < -0.3 is 87.3 Å². The van der Waals surface area contributed by atoms with E-state index in [1.165, 1.54) is 110 Å². The quantitative estimate of drug-likeness (QED) is 0.0191. The van der Waals surface area contributed by atoms with Crippen molar-refractivity contribution in [2.45, 2.75) is 32.1 Å². The number of carbonyl (C=O) groups excluding carboxylic acids is 8. The molecule has 0 saturated carbocycles. The number of nitrogens with zero attached hydrogens (tertiary/aromatic N) is 9. The lowest BCUT2D eigenvalue weighted by molar-refractivity contribution is 0.0680. The normalized spacial score (nSPS) is 13.1. The van der Waals surface area contributed by atoms with Gasteiger partial charge in [-0.15, -0.1) is 0 Å². The minimum atomic E-state index is -0.560. The van der Waals surface area contributed by atoms with Crippen molar-refractivity contribution in [1.29, 1.82) is 16.2 Å². The van der Waals surface area contributed by atoms with Gasteiger partial charge in [-0.25, -0.2) is 19.9 Å². The molecule has 133 heavy (non-hydrogen) atoms. The van der Waals surface area contributed by atoms with Crippen molar-refractivity contribution in [3.63, 3.8) is 0 Å². The third-order valence-corrected chi connectivity index (χ3v) is 22.0. The molecule has 0 unspecified atom stereocenters. The number of hydrogen-bond donors (Lipinski definition) is 15. The van der Waals surface area contributed by atoms with Crippen LogP contribution in [-0.2, 0) is 4.74 Å². The van der Waals surface area contributed by atoms with Crippen LogP contribution in [0.3, 0.4) is 0 Å². The number of benzene rings is 8. The molecular formula is C96H88Cl4N20O13. The summed E-state index contributed by atoms with van der Waals surface area (Å²) < 4.78 is 5.32. The van der Waals surface area contributed by atoms with Gasteiger partial charge in [-0.1, -0.05) is 119 Å². The summed E-state index contributed by atoms with van der Waals surface area (Å²) in [6.07, 6.45) is 11.1. The maximum Gasteiger partial charge on any atom is 0.259 e. The smallest absolute Gasteiger partial charge is 0.259 e. The minimum absolute atomic E-state index is 0.00735. The van der Waals surface area contributed by atoms with E-state index in [-0.39, 0.29) is 91.3 Å². The molecule has 15 N–H and O–H groups in total. The molecule has 0 radical (unpaired) electrons. The van der Waals surface area contributed by atoms with E-state index in [4.69, 9.17) is 67.4 Å². The molecule has 16 rings (SSSR count). The number of nitrogens with one attached hydrogen (secondary N) is 11. The number of amides is 8. The third-order valence-electron chi connectivity index (χ3n) is 21.1. The standard InChI is InChI=1S/C25H24ClN5O3.C24H22ClN5O4.C24H22ClN5O3.C23H20ClN5O3/c26-18-11-12-21(28-15-18)29-25(34)19-5-4-6-20(32)22(19)30-24(33)17-9-7-16(8-10-17)23(27)31-13-2-1-3-14-31;25-17-8-9-20(27-14-17)28-24(33)18-2-1-3-19(31)21(18)29-23(32)16-6-4-15(5-7-16)22(26)30-10-12-34-13-11-30;25-17-10-11-20(27-14-17)28-24(33)18-4-3-5-19(31)21(18)29-23(32)16-8-6-15(7-9-16)22(26)30-12-1-2-13-30;1-29-12-11-25-21(29)14-5-7-15(8-6-14)22(31)28-20-17(3-2-4-18(20)30)23(32)27-19-10-9-16(24)13-26-19/h4-12,15,27,32H,1-3,13-14H2,(H,30,33)(H,28,29,34);1-9,14,26,31H,10-13H2,(H,29,32)(H,27,28,33);3-11,14,26,31H,1-2,12-13H2,(H,29,32)(H,27,28,33);2-10,13,30H,11-12H2,1H3,(H,28,31)(H,26,27,32). The number of para-hydroxylation sites is 4. The Morgan fingerprint density at radius 2 is 0.564 bits per heavy atom. The van der Waals surface area contributed by atoms with Crippen molar-refractivity contribution in [2.75, 3.05) is 115 Å². The van der Waals surface area contributed by atoms with Crippen LogP contribution in [0.4, 0.5) is 46.0 Å². The number of carbonyl (C=O) groups is 8. The highest BCUT2D eigenvalue weighted by molar-refractivity contribution is 6.32. The van der Waals surface area contributed by atoms with E-state index in [1.54, 1.807) is 127 Å². The second-order valence-corrected chi connectivity index (χ2v) is 31.9. The minimum Gasteiger partial charge on any atom is -0.506 e. The molecule has 0 aliphatic carbocycles. The Balaban J connectivity index is 0.000000151. The van der Waals surface area contributed by atoms with Crippen LogP contribution in [0.25, 0.3) is 0 Å². The molecule has 0 spiro atoms. The van der Waals surface area contributed by atoms with E-state index in [0.717, 1.165) is 87.5 Å². The number of amidine groups is 4. The van der Waals surface area contributed by atoms with Crippen molar-refractivity contribution in [2.24, 2.45) is 4.99 Å². The largest absolute Gasteiger partial charge is 0.506 e. The molecule has 3 saturated heterocycles. The summed E-state index contributed by atoms with van der Waals surface area (Å²) in [5.74, 6) is -1.86. The van der Waals surface area contributed by atoms with Gasteiger partial charge in [-0.3, -0.25) is 59.6 Å². The van der Waals surface area contributed by atoms with Crippen molar-refractivity contribution in [1.82, 2.24) is 39.5 Å². The number of anilines is 8. The van der Waals surface area contributed by atoms with Crippen molar-refractivity contribution in [3.05, 3.63) is 330 Å². The summed E-state index contributed by atoms with van der Waals surface area (Å²) in [5.41, 5.74) is 4.69. The van der Waals surface area contributed by atoms with Crippen LogP contribution in [-0.4, -0.2) is 203 Å². The summed E-state index contributed by atoms with van der Waals surface area (Å²) in [6, 6.07) is 57.0. The van der Waals surface area contributed by atoms with E-state index in [9.17, 15) is 58.8 Å². The molecule has 37 heteroatoms. The summed E-state index contributed by atoms with van der Waals surface area (Å²) in [5, 5.41) is 89.1. The predicted molar refractivity (Wildman–Crippen MR) is 512 cm³/mol. The number of likely N-dealkylation sites (tertiary alicyclic amines) is 2. The Bertz CT molecular complexity index is 6140. The molecule has 8 heterocycles. The average Bonchev–Trinajstić information content (AvgIpc) is 1.57. The van der Waals surface area contributed by atoms with Gasteiger partial charge in [0.05, 0.1) is 84.9 Å². The van der Waals surface area contributed by atoms with E-state index in [1.807, 2.05) is 33.9 Å². The van der Waals surface area contributed by atoms with E-state index in [2.05, 4.69) is 72.4 Å². The zero-order chi connectivity index (χ0) is 94.2. The first-order valence-electron chi connectivity index (χ1n) is 41.7. The lowest BCUT2D eigenvalue weighted by Gasteiger charge is -2.29. The molecule has 8 aromatic carbocycles. The monoisotopic (exact) mass is 1870 g/mol. The van der Waals surface area contributed by atoms with Crippen LogP contribution in [0.15, 0.2) is 248 Å². The number of aromatic hydroxyl groups is 4. The van der Waals surface area contributed by atoms with Crippen LogP contribution in [0.2, 0.25) is 20.1 Å². The second-order valence-electron chi connectivity index (χ2n) is 30.2. The highest BCUT2D eigenvalue weighted by atomic mass is 35.5. The van der Waals surface area contributed by atoms with Crippen LogP contribution in [0.5, 0.6) is 23.0 Å². The first-order chi connectivity index (χ1) is 64.2. The van der Waals surface area contributed by atoms with Gasteiger partial charge in [0.15, 0.2) is 0 Å². The molecule has 678 valence electrons. The zero-order valence-corrected chi connectivity index (χ0v) is 74.2. The summed E-state index contributed by atoms with van der Waals surface area (Å²) in [6.45, 7) is 7.51. The average molecular weight is 1870 g/mol. The van der Waals surface area contributed by atoms with Gasteiger partial charge >= 0.3 is 0 Å². The lowest BCUT2D eigenvalue weighted by atomic mass is 10.1. The molecule has 12 aromatic rings. The van der Waals surface area contributed by atoms with Gasteiger partial charge in [-0.2, -0.15) is 0 Å². The number of aromatic nitrogens is 4. The van der Waals surface area contributed by atoms with Gasteiger partial charge in [0.2, 0.25) is 0 Å². The Hall–Kier alpha value is -15.7. The molecule has 4 aliphatic rings. The van der Waals surface area contributed by atoms with Crippen LogP contribution >= 0.6 is 46.4 Å². The maximum atomic E-state index is 12.9. The first-order valence-corrected chi connectivity index (χ1v) is 43.2. The maximum absolute atomic E-state index is 12.9. The first kappa shape index (κ1) is 94.9. The number of halogens is 4. The molecule has 0 bridgehead atoms. The molecule has 3 fully saturated rings. The van der Waals surface area contributed by atoms with Crippen molar-refractivity contribution < 1.29 is 63.5 Å². The summed E-state index contributed by atoms with van der Waals surface area (Å²) in [4.78, 5) is 131. The van der Waals surface area contributed by atoms with Gasteiger partial charge in [0.1, 0.15) is 69.6 Å². The predicted octanol–water partition coefficient (Wildman–Crippen LogP) is 16.4. The number of rotatable bonds is 20. The fourth-order valence-electron chi connectivity index (χ4n) is 14.1. The molecular weight excluding hydrogens is 1780 g/mol. The van der Waals surface area contributed by atoms with Gasteiger partial charge in [0, 0.05) is 122 Å². The van der Waals surface area contributed by atoms with Crippen molar-refractivity contribution in [3.8, 4) is 23.0 Å². The van der Waals surface area contributed by atoms with E-state index < -0.39 is 47.3 Å². The van der Waals surface area contributed by atoms with Gasteiger partial charge in [0.25, 0.3) is 47.3 Å². The number of ether oxygens (including phenoxy) is 1. The van der Waals surface area contributed by atoms with E-state index >= 15 is 0 Å². The number of phenolic OH excluding ortho intramolecular Hbond substituents is 4. The fraction of sp³-hybridized carbons (Fsp3) is 0.167. The molecule has 4 aliphatic heterocycles. The van der Waals surface area contributed by atoms with Crippen LogP contribution in [0, 0.1) is 16.2 Å². The number of pyridine rings is 4. The second kappa shape index (κ2) is 45.0. The molecule has 0 atom stereocenters. The summed E-state index contributed by atoms with van der Waals surface area (Å²) in [7, 11) is 1.97. The number of morpholine rings is 1. The van der Waals surface area contributed by atoms with E-state index in [0.29, 0.717) is 91.7 Å². The summed E-state index contributed by atoms with van der Waals surface area (Å²) >= 11 is 23.3. The highest BCUT2D eigenvalue weighted by Crippen LogP contribution is 2.35. The fourth-order valence-corrected chi connectivity index (χ4v) is 14.5. The molecule has 4 aromatic heterocycles. The van der Waals surface area contributed by atoms with Gasteiger partial charge in [-0.05, 0) is 178 Å². The number of likely N-dealkylation sites (N-methyl/N-ethyl adjacent to an activating group) is 1. The molecule has 8 amide bonds. The van der Waals surface area contributed by atoms with Crippen LogP contribution in [0.1, 0.15) is 137 Å². The topological polar surface area (TPSA) is 471 Å². The zero-order valence-electron chi connectivity index (χ0n) is 71.2. The Morgan fingerprint density at radius 1 is 0.308 bits per heavy atom.